The van der Waals surface area contributed by atoms with Crippen LogP contribution in [0.4, 0.5) is 23.2 Å². The Kier molecular flexibility index (Phi) is 4.87. The van der Waals surface area contributed by atoms with Crippen LogP contribution in [0.5, 0.6) is 11.5 Å². The van der Waals surface area contributed by atoms with Crippen molar-refractivity contribution in [3.05, 3.63) is 16.4 Å². The zero-order valence-electron chi connectivity index (χ0n) is 13.9. The van der Waals surface area contributed by atoms with E-state index in [0.717, 1.165) is 25.3 Å². The summed E-state index contributed by atoms with van der Waals surface area (Å²) < 4.78 is 55.5. The number of aliphatic imine (C=N–C) groups is 2. The number of alkyl halides is 3. The van der Waals surface area contributed by atoms with Crippen LogP contribution in [0.3, 0.4) is 0 Å². The molecule has 0 unspecified atom stereocenters. The molecule has 1 fully saturated rings. The quantitative estimate of drug-likeness (QED) is 0.595. The first-order valence-electron chi connectivity index (χ1n) is 8.00. The number of nitrogens with two attached hydrogens (primary N) is 2. The largest absolute Gasteiger partial charge is 0.573 e. The minimum absolute atomic E-state index is 0.0712. The lowest BCUT2D eigenvalue weighted by Crippen LogP contribution is -2.58. The highest BCUT2D eigenvalue weighted by Crippen LogP contribution is 2.49. The maximum Gasteiger partial charge on any atom is 0.573 e. The summed E-state index contributed by atoms with van der Waals surface area (Å²) in [5, 5.41) is 10.4. The first-order valence-corrected chi connectivity index (χ1v) is 8.80. The molecule has 12 heteroatoms. The summed E-state index contributed by atoms with van der Waals surface area (Å²) in [4.78, 5) is 9.48. The summed E-state index contributed by atoms with van der Waals surface area (Å²) in [6, 6.07) is 1.10. The minimum Gasteiger partial charge on any atom is -0.503 e. The van der Waals surface area contributed by atoms with Crippen LogP contribution in [0.15, 0.2) is 20.5 Å². The molecular weight excluding hydrogens is 438 g/mol. The van der Waals surface area contributed by atoms with Gasteiger partial charge in [0.05, 0.1) is 10.2 Å². The Bertz CT molecular complexity index is 821. The van der Waals surface area contributed by atoms with Crippen molar-refractivity contribution in [2.75, 3.05) is 4.90 Å². The molecular formula is C15H16BrF4N5O2. The van der Waals surface area contributed by atoms with E-state index in [1.54, 1.807) is 0 Å². The second-order valence-corrected chi connectivity index (χ2v) is 7.09. The van der Waals surface area contributed by atoms with Gasteiger partial charge >= 0.3 is 6.36 Å². The monoisotopic (exact) mass is 453 g/mol. The number of nitrogens with zero attached hydrogens (tertiary/aromatic N) is 3. The lowest BCUT2D eigenvalue weighted by atomic mass is 9.87. The van der Waals surface area contributed by atoms with Gasteiger partial charge in [0.2, 0.25) is 17.7 Å². The van der Waals surface area contributed by atoms with Gasteiger partial charge in [-0.25, -0.2) is 9.38 Å². The third-order valence-corrected chi connectivity index (χ3v) is 5.02. The van der Waals surface area contributed by atoms with E-state index in [-0.39, 0.29) is 22.1 Å². The van der Waals surface area contributed by atoms with Gasteiger partial charge in [0.15, 0.2) is 11.6 Å². The van der Waals surface area contributed by atoms with Gasteiger partial charge in [-0.3, -0.25) is 4.90 Å². The number of ether oxygens (including phenoxy) is 1. The summed E-state index contributed by atoms with van der Waals surface area (Å²) in [7, 11) is 0. The number of aromatic hydroxyl groups is 1. The number of guanidine groups is 2. The van der Waals surface area contributed by atoms with Crippen molar-refractivity contribution >= 4 is 33.5 Å². The molecule has 1 spiro atoms. The van der Waals surface area contributed by atoms with Crippen LogP contribution in [-0.4, -0.2) is 29.1 Å². The van der Waals surface area contributed by atoms with E-state index in [4.69, 9.17) is 11.5 Å². The second-order valence-electron chi connectivity index (χ2n) is 6.24. The molecule has 1 saturated carbocycles. The zero-order valence-corrected chi connectivity index (χ0v) is 15.4. The number of rotatable bonds is 2. The Morgan fingerprint density at radius 1 is 1.22 bits per heavy atom. The summed E-state index contributed by atoms with van der Waals surface area (Å²) in [5.74, 6) is -4.07. The van der Waals surface area contributed by atoms with Crippen molar-refractivity contribution in [3.63, 3.8) is 0 Å². The molecule has 0 atom stereocenters. The number of phenolic OH excluding ortho intramolecular Hbond substituents is 1. The van der Waals surface area contributed by atoms with E-state index in [1.165, 1.54) is 4.90 Å². The molecule has 0 amide bonds. The van der Waals surface area contributed by atoms with Crippen molar-refractivity contribution in [1.29, 1.82) is 0 Å². The number of anilines is 1. The predicted molar refractivity (Wildman–Crippen MR) is 94.0 cm³/mol. The maximum absolute atomic E-state index is 14.2. The van der Waals surface area contributed by atoms with E-state index < -0.39 is 29.3 Å². The Morgan fingerprint density at radius 3 is 2.44 bits per heavy atom. The molecule has 5 N–H and O–H groups in total. The van der Waals surface area contributed by atoms with Crippen LogP contribution in [0.25, 0.3) is 0 Å². The molecule has 3 rings (SSSR count). The first-order chi connectivity index (χ1) is 12.5. The number of hydrogen-bond donors (Lipinski definition) is 3. The lowest BCUT2D eigenvalue weighted by Gasteiger charge is -2.45. The minimum atomic E-state index is -5.21. The molecule has 27 heavy (non-hydrogen) atoms. The summed E-state index contributed by atoms with van der Waals surface area (Å²) in [5.41, 5.74) is 10.5. The van der Waals surface area contributed by atoms with Crippen LogP contribution in [-0.2, 0) is 0 Å². The Labute approximate surface area is 159 Å². The summed E-state index contributed by atoms with van der Waals surface area (Å²) in [6.45, 7) is 0. The molecule has 0 saturated heterocycles. The van der Waals surface area contributed by atoms with Crippen LogP contribution in [0.2, 0.25) is 0 Å². The second kappa shape index (κ2) is 6.73. The average molecular weight is 454 g/mol. The molecule has 0 radical (unpaired) electrons. The molecule has 1 aliphatic heterocycles. The van der Waals surface area contributed by atoms with Crippen molar-refractivity contribution in [1.82, 2.24) is 0 Å². The average Bonchev–Trinajstić information content (AvgIpc) is 2.55. The van der Waals surface area contributed by atoms with Crippen molar-refractivity contribution in [2.45, 2.75) is 44.1 Å². The topological polar surface area (TPSA) is 109 Å². The number of halogens is 5. The van der Waals surface area contributed by atoms with Gasteiger partial charge in [-0.1, -0.05) is 6.42 Å². The first kappa shape index (κ1) is 19.5. The van der Waals surface area contributed by atoms with Gasteiger partial charge < -0.3 is 21.3 Å². The van der Waals surface area contributed by atoms with Crippen LogP contribution >= 0.6 is 15.9 Å². The molecule has 7 nitrogen and oxygen atoms in total. The van der Waals surface area contributed by atoms with Gasteiger partial charge in [-0.2, -0.15) is 4.99 Å². The van der Waals surface area contributed by atoms with Crippen molar-refractivity contribution < 1.29 is 27.4 Å². The van der Waals surface area contributed by atoms with Crippen LogP contribution in [0.1, 0.15) is 32.1 Å². The predicted octanol–water partition coefficient (Wildman–Crippen LogP) is 3.30. The number of benzene rings is 1. The zero-order chi connectivity index (χ0) is 20.0. The standard InChI is InChI=1S/C15H16BrF4N5O2/c16-7-6-8(10(26)11(9(7)17)27-15(18,19)20)25-13(22)23-12(21)24-14(25)4-2-1-3-5-14/h6,26H,1-5H2,(H4,21,22,23,24). The van der Waals surface area contributed by atoms with E-state index in [2.05, 4.69) is 30.7 Å². The molecule has 0 aromatic heterocycles. The van der Waals surface area contributed by atoms with Gasteiger partial charge in [0, 0.05) is 0 Å². The van der Waals surface area contributed by atoms with Crippen LogP contribution < -0.4 is 21.1 Å². The molecule has 2 aliphatic rings. The fraction of sp³-hybridized carbons (Fsp3) is 0.467. The third kappa shape index (κ3) is 3.62. The normalized spacial score (nSPS) is 19.7. The highest BCUT2D eigenvalue weighted by atomic mass is 79.9. The lowest BCUT2D eigenvalue weighted by molar-refractivity contribution is -0.276. The molecule has 1 aromatic carbocycles. The Balaban J connectivity index is 2.18. The summed E-state index contributed by atoms with van der Waals surface area (Å²) in [6.07, 6.45) is -1.79. The highest BCUT2D eigenvalue weighted by molar-refractivity contribution is 9.10. The number of hydrogen-bond acceptors (Lipinski definition) is 7. The van der Waals surface area contributed by atoms with Gasteiger partial charge in [-0.05, 0) is 47.7 Å². The smallest absolute Gasteiger partial charge is 0.503 e. The van der Waals surface area contributed by atoms with Crippen LogP contribution in [0, 0.1) is 5.82 Å². The van der Waals surface area contributed by atoms with Gasteiger partial charge in [0.1, 0.15) is 5.66 Å². The molecule has 148 valence electrons. The Morgan fingerprint density at radius 2 is 1.85 bits per heavy atom. The van der Waals surface area contributed by atoms with Gasteiger partial charge in [-0.15, -0.1) is 13.2 Å². The molecule has 1 heterocycles. The highest BCUT2D eigenvalue weighted by Gasteiger charge is 2.45. The van der Waals surface area contributed by atoms with Gasteiger partial charge in [0.25, 0.3) is 0 Å². The fourth-order valence-electron chi connectivity index (χ4n) is 3.43. The molecule has 1 aliphatic carbocycles. The maximum atomic E-state index is 14.2. The van der Waals surface area contributed by atoms with Crippen molar-refractivity contribution in [3.8, 4) is 11.5 Å². The van der Waals surface area contributed by atoms with E-state index in [0.29, 0.717) is 12.8 Å². The van der Waals surface area contributed by atoms with Crippen molar-refractivity contribution in [2.24, 2.45) is 21.5 Å². The molecule has 1 aromatic rings. The van der Waals surface area contributed by atoms with E-state index >= 15 is 0 Å². The molecule has 0 bridgehead atoms. The fourth-order valence-corrected chi connectivity index (χ4v) is 3.83. The SMILES string of the molecule is NC1=NC2(CCCCC2)N(c2cc(Br)c(F)c(OC(F)(F)F)c2O)C(N)=N1. The van der Waals surface area contributed by atoms with E-state index in [1.807, 2.05) is 0 Å². The summed E-state index contributed by atoms with van der Waals surface area (Å²) >= 11 is 2.85. The number of phenols is 1. The third-order valence-electron chi connectivity index (χ3n) is 4.44. The van der Waals surface area contributed by atoms with E-state index in [9.17, 15) is 22.7 Å². The Hall–Kier alpha value is -2.24.